The van der Waals surface area contributed by atoms with Crippen LogP contribution in [0.3, 0.4) is 0 Å². The molecule has 0 bridgehead atoms. The van der Waals surface area contributed by atoms with Crippen molar-refractivity contribution in [3.8, 4) is 0 Å². The summed E-state index contributed by atoms with van der Waals surface area (Å²) >= 11 is 0. The number of non-ortho nitro benzene ring substituents is 1. The van der Waals surface area contributed by atoms with Crippen LogP contribution in [0.2, 0.25) is 0 Å². The number of rotatable bonds is 11. The van der Waals surface area contributed by atoms with Crippen LogP contribution in [0.5, 0.6) is 0 Å². The Bertz CT molecular complexity index is 882. The molecule has 0 spiro atoms. The van der Waals surface area contributed by atoms with Crippen LogP contribution in [0.1, 0.15) is 0 Å². The van der Waals surface area contributed by atoms with Gasteiger partial charge in [-0.3, -0.25) is 28.6 Å². The van der Waals surface area contributed by atoms with Gasteiger partial charge < -0.3 is 4.90 Å². The first-order valence-corrected chi connectivity index (χ1v) is 10.7. The first-order chi connectivity index (χ1) is 12.3. The largest absolute Gasteiger partial charge is 0.414 e. The maximum atomic E-state index is 11.3. The van der Waals surface area contributed by atoms with E-state index in [0.29, 0.717) is 6.07 Å². The predicted molar refractivity (Wildman–Crippen MR) is 92.4 cm³/mol. The van der Waals surface area contributed by atoms with Crippen LogP contribution >= 0.6 is 0 Å². The number of nitro benzene ring substituents is 2. The van der Waals surface area contributed by atoms with Crippen molar-refractivity contribution in [2.45, 2.75) is 0 Å². The van der Waals surface area contributed by atoms with E-state index in [9.17, 15) is 37.1 Å². The third-order valence-electron chi connectivity index (χ3n) is 2.94. The molecule has 0 aliphatic carbocycles. The van der Waals surface area contributed by atoms with Gasteiger partial charge >= 0.3 is 0 Å². The molecule has 155 valence electrons. The number of nitrogens with zero attached hydrogens (tertiary/aromatic N) is 3. The number of hydrogen-bond donors (Lipinski definition) is 0. The smallest absolute Gasteiger partial charge is 0.264 e. The molecule has 1 aromatic carbocycles. The quantitative estimate of drug-likeness (QED) is 0.169. The third-order valence-corrected chi connectivity index (χ3v) is 4.13. The van der Waals surface area contributed by atoms with E-state index in [-0.39, 0.29) is 51.5 Å². The molecule has 0 N–H and O–H groups in total. The minimum atomic E-state index is -3.77. The zero-order chi connectivity index (χ0) is 20.8. The molecule has 0 saturated heterocycles. The van der Waals surface area contributed by atoms with Crippen LogP contribution in [0.4, 0.5) is 17.1 Å². The summed E-state index contributed by atoms with van der Waals surface area (Å²) in [6.07, 6.45) is 1.62. The summed E-state index contributed by atoms with van der Waals surface area (Å²) in [5, 5.41) is 22.0. The van der Waals surface area contributed by atoms with Crippen molar-refractivity contribution in [2.24, 2.45) is 0 Å². The summed E-state index contributed by atoms with van der Waals surface area (Å²) in [6, 6.07) is 3.94. The Morgan fingerprint density at radius 2 is 1.46 bits per heavy atom. The van der Waals surface area contributed by atoms with E-state index in [4.69, 9.17) is 0 Å². The van der Waals surface area contributed by atoms with Gasteiger partial charge in [-0.2, -0.15) is 16.8 Å². The third kappa shape index (κ3) is 9.79. The summed E-state index contributed by atoms with van der Waals surface area (Å²) in [6.45, 7) is -1.20. The zero-order valence-corrected chi connectivity index (χ0v) is 19.3. The van der Waals surface area contributed by atoms with Crippen LogP contribution in [0.25, 0.3) is 0 Å². The fourth-order valence-electron chi connectivity index (χ4n) is 1.92. The molecular formula is C12H16N3O10S2Y-. The minimum absolute atomic E-state index is 0. The first-order valence-electron chi connectivity index (χ1n) is 7.08. The van der Waals surface area contributed by atoms with Crippen LogP contribution in [0.15, 0.2) is 12.1 Å². The summed E-state index contributed by atoms with van der Waals surface area (Å²) in [4.78, 5) is 21.5. The van der Waals surface area contributed by atoms with Crippen LogP contribution < -0.4 is 4.90 Å². The van der Waals surface area contributed by atoms with Crippen molar-refractivity contribution in [1.82, 2.24) is 0 Å². The minimum Gasteiger partial charge on any atom is -0.414 e. The van der Waals surface area contributed by atoms with Crippen molar-refractivity contribution in [2.75, 3.05) is 43.7 Å². The van der Waals surface area contributed by atoms with Gasteiger partial charge in [-0.25, -0.2) is 0 Å². The Balaban J connectivity index is 0.00000729. The molecule has 1 aromatic rings. The van der Waals surface area contributed by atoms with Gasteiger partial charge in [0, 0.05) is 61.3 Å². The van der Waals surface area contributed by atoms with Crippen molar-refractivity contribution >= 4 is 37.3 Å². The molecule has 0 saturated carbocycles. The van der Waals surface area contributed by atoms with E-state index >= 15 is 0 Å². The van der Waals surface area contributed by atoms with Gasteiger partial charge in [0.2, 0.25) is 0 Å². The Morgan fingerprint density at radius 1 is 1.00 bits per heavy atom. The number of anilines is 1. The Labute approximate surface area is 186 Å². The fourth-order valence-corrected chi connectivity index (χ4v) is 2.67. The van der Waals surface area contributed by atoms with Gasteiger partial charge in [0.1, 0.15) is 0 Å². The van der Waals surface area contributed by atoms with E-state index in [0.717, 1.165) is 18.6 Å². The molecule has 0 fully saturated rings. The molecule has 0 aliphatic rings. The van der Waals surface area contributed by atoms with Crippen LogP contribution in [-0.2, 0) is 61.3 Å². The maximum Gasteiger partial charge on any atom is 0.264 e. The topological polar surface area (TPSA) is 176 Å². The summed E-state index contributed by atoms with van der Waals surface area (Å²) < 4.78 is 53.4. The Morgan fingerprint density at radius 3 is 1.82 bits per heavy atom. The molecule has 16 heteroatoms. The van der Waals surface area contributed by atoms with Crippen molar-refractivity contribution in [3.05, 3.63) is 38.4 Å². The fraction of sp³-hybridized carbons (Fsp3) is 0.500. The number of hydrogen-bond acceptors (Lipinski definition) is 11. The van der Waals surface area contributed by atoms with Gasteiger partial charge in [-0.15, -0.1) is 6.07 Å². The second-order valence-corrected chi connectivity index (χ2v) is 8.43. The van der Waals surface area contributed by atoms with Gasteiger partial charge in [-0.1, -0.05) is 6.07 Å². The maximum absolute atomic E-state index is 11.3. The Hall–Kier alpha value is -1.26. The van der Waals surface area contributed by atoms with Crippen molar-refractivity contribution in [1.29, 1.82) is 0 Å². The molecule has 0 unspecified atom stereocenters. The van der Waals surface area contributed by atoms with E-state index in [1.807, 2.05) is 0 Å². The second-order valence-electron chi connectivity index (χ2n) is 5.14. The van der Waals surface area contributed by atoms with E-state index in [2.05, 4.69) is 14.4 Å². The molecule has 1 radical (unpaired) electrons. The van der Waals surface area contributed by atoms with Crippen LogP contribution in [-0.4, -0.2) is 65.5 Å². The predicted octanol–water partition coefficient (Wildman–Crippen LogP) is 0.0595. The standard InChI is InChI=1S/C12H16N3O10S2.Y/c1-26(20,21)24-7-5-13(6-8-25-27(2,22)23)11-4-3-10(14(16)17)9-12(11)15(18)19;/h4,9H,5-8H2,1-2H3;/q-1;. The average Bonchev–Trinajstić information content (AvgIpc) is 2.50. The molecule has 28 heavy (non-hydrogen) atoms. The van der Waals surface area contributed by atoms with Gasteiger partial charge in [0.05, 0.1) is 25.7 Å². The monoisotopic (exact) mass is 515 g/mol. The van der Waals surface area contributed by atoms with E-state index in [1.54, 1.807) is 0 Å². The zero-order valence-electron chi connectivity index (χ0n) is 14.8. The van der Waals surface area contributed by atoms with E-state index in [1.165, 1.54) is 4.90 Å². The second kappa shape index (κ2) is 11.1. The normalized spacial score (nSPS) is 11.5. The summed E-state index contributed by atoms with van der Waals surface area (Å²) in [5.41, 5.74) is -1.41. The van der Waals surface area contributed by atoms with Gasteiger partial charge in [-0.05, 0) is 6.07 Å². The molecule has 0 amide bonds. The average molecular weight is 515 g/mol. The first kappa shape index (κ1) is 26.7. The van der Waals surface area contributed by atoms with Crippen LogP contribution in [0, 0.1) is 26.3 Å². The number of nitro groups is 2. The molecule has 0 atom stereocenters. The summed E-state index contributed by atoms with van der Waals surface area (Å²) in [7, 11) is -7.55. The molecule has 0 heterocycles. The molecule has 0 aliphatic heterocycles. The number of benzene rings is 1. The molecule has 13 nitrogen and oxygen atoms in total. The van der Waals surface area contributed by atoms with Gasteiger partial charge in [0.15, 0.2) is 11.4 Å². The SMILES string of the molecule is CS(=O)(=O)OCCN(CCOS(C)(=O)=O)c1c[c-]c([N+](=O)[O-])cc1[N+](=O)[O-].[Y]. The van der Waals surface area contributed by atoms with Crippen molar-refractivity contribution in [3.63, 3.8) is 0 Å². The molecular weight excluding hydrogens is 499 g/mol. The molecule has 0 aromatic heterocycles. The summed E-state index contributed by atoms with van der Waals surface area (Å²) in [5.74, 6) is 0. The molecule has 1 rings (SSSR count). The van der Waals surface area contributed by atoms with Crippen molar-refractivity contribution < 1.29 is 67.8 Å². The van der Waals surface area contributed by atoms with E-state index < -0.39 is 54.7 Å². The van der Waals surface area contributed by atoms with Gasteiger partial charge in [0.25, 0.3) is 20.2 Å². The Kier molecular flexibility index (Phi) is 10.6.